The van der Waals surface area contributed by atoms with E-state index in [1.54, 1.807) is 29.3 Å². The van der Waals surface area contributed by atoms with Crippen LogP contribution >= 0.6 is 0 Å². The summed E-state index contributed by atoms with van der Waals surface area (Å²) in [5.41, 5.74) is 6.69. The van der Waals surface area contributed by atoms with Crippen molar-refractivity contribution < 1.29 is 19.4 Å². The van der Waals surface area contributed by atoms with Crippen molar-refractivity contribution in [1.82, 2.24) is 4.90 Å². The maximum atomic E-state index is 12.7. The molecular formula is C16H17N3O4. The normalized spacial score (nSPS) is 21.1. The van der Waals surface area contributed by atoms with E-state index in [1.807, 2.05) is 0 Å². The van der Waals surface area contributed by atoms with Crippen molar-refractivity contribution in [3.8, 4) is 11.5 Å². The van der Waals surface area contributed by atoms with Gasteiger partial charge in [0.05, 0.1) is 18.7 Å². The number of aliphatic imine (C=N–C) groups is 1. The molecule has 0 saturated carbocycles. The standard InChI is InChI=1S/C16H17N3O4/c1-23-12-4-3-11-14(15(12)21)18-7-10-6-9(2-5-13(17)20)8-19(10)16(11)22/h2-4,7,10,21H,5-6,8H2,1H3,(H2,17,20)/b9-2+/t10-/m0/s1. The van der Waals surface area contributed by atoms with Crippen molar-refractivity contribution in [3.05, 3.63) is 29.3 Å². The number of hydrogen-bond acceptors (Lipinski definition) is 5. The summed E-state index contributed by atoms with van der Waals surface area (Å²) in [5, 5.41) is 10.2. The molecule has 3 rings (SSSR count). The number of nitrogens with zero attached hydrogens (tertiary/aromatic N) is 2. The number of aromatic hydroxyl groups is 1. The minimum atomic E-state index is -0.401. The van der Waals surface area contributed by atoms with Gasteiger partial charge in [0.1, 0.15) is 5.69 Å². The van der Waals surface area contributed by atoms with Crippen LogP contribution in [0.3, 0.4) is 0 Å². The topological polar surface area (TPSA) is 105 Å². The van der Waals surface area contributed by atoms with Gasteiger partial charge in [-0.3, -0.25) is 14.6 Å². The Morgan fingerprint density at radius 1 is 1.57 bits per heavy atom. The van der Waals surface area contributed by atoms with Gasteiger partial charge >= 0.3 is 0 Å². The van der Waals surface area contributed by atoms with Gasteiger partial charge in [0.15, 0.2) is 11.5 Å². The number of carbonyl (C=O) groups is 2. The number of carbonyl (C=O) groups excluding carboxylic acids is 2. The first kappa shape index (κ1) is 15.1. The molecule has 120 valence electrons. The summed E-state index contributed by atoms with van der Waals surface area (Å²) in [6.45, 7) is 0.426. The monoisotopic (exact) mass is 315 g/mol. The van der Waals surface area contributed by atoms with Crippen molar-refractivity contribution in [3.63, 3.8) is 0 Å². The van der Waals surface area contributed by atoms with Crippen molar-refractivity contribution in [1.29, 1.82) is 0 Å². The molecule has 2 amide bonds. The van der Waals surface area contributed by atoms with Gasteiger partial charge in [-0.2, -0.15) is 0 Å². The Kier molecular flexibility index (Phi) is 3.77. The Bertz CT molecular complexity index is 739. The first-order valence-electron chi connectivity index (χ1n) is 7.22. The number of benzene rings is 1. The Labute approximate surface area is 133 Å². The van der Waals surface area contributed by atoms with Crippen molar-refractivity contribution >= 4 is 23.7 Å². The molecule has 0 aliphatic carbocycles. The molecule has 1 aromatic rings. The zero-order valence-electron chi connectivity index (χ0n) is 12.7. The van der Waals surface area contributed by atoms with Crippen LogP contribution in [0.4, 0.5) is 5.69 Å². The number of phenolic OH excluding ortho intramolecular Hbond substituents is 1. The van der Waals surface area contributed by atoms with E-state index in [-0.39, 0.29) is 35.6 Å². The molecule has 1 atom stereocenters. The highest BCUT2D eigenvalue weighted by Gasteiger charge is 2.35. The largest absolute Gasteiger partial charge is 0.503 e. The van der Waals surface area contributed by atoms with Crippen LogP contribution < -0.4 is 10.5 Å². The maximum absolute atomic E-state index is 12.7. The summed E-state index contributed by atoms with van der Waals surface area (Å²) < 4.78 is 5.05. The number of nitrogens with two attached hydrogens (primary N) is 1. The van der Waals surface area contributed by atoms with E-state index < -0.39 is 5.91 Å². The number of methoxy groups -OCH3 is 1. The van der Waals surface area contributed by atoms with Gasteiger partial charge < -0.3 is 20.5 Å². The van der Waals surface area contributed by atoms with Crippen LogP contribution in [-0.4, -0.2) is 47.7 Å². The summed E-state index contributed by atoms with van der Waals surface area (Å²) >= 11 is 0. The second kappa shape index (κ2) is 5.75. The number of hydrogen-bond donors (Lipinski definition) is 2. The number of ether oxygens (including phenoxy) is 1. The van der Waals surface area contributed by atoms with E-state index >= 15 is 0 Å². The molecule has 3 N–H and O–H groups in total. The third-order valence-electron chi connectivity index (χ3n) is 4.04. The molecule has 0 spiro atoms. The highest BCUT2D eigenvalue weighted by Crippen LogP contribution is 2.41. The lowest BCUT2D eigenvalue weighted by Crippen LogP contribution is -2.35. The minimum absolute atomic E-state index is 0.139. The van der Waals surface area contributed by atoms with E-state index in [9.17, 15) is 14.7 Å². The molecule has 0 aromatic heterocycles. The summed E-state index contributed by atoms with van der Waals surface area (Å²) in [4.78, 5) is 29.6. The van der Waals surface area contributed by atoms with Crippen molar-refractivity contribution in [2.75, 3.05) is 13.7 Å². The number of fused-ring (bicyclic) bond motifs is 2. The number of amides is 2. The lowest BCUT2D eigenvalue weighted by Gasteiger charge is -2.19. The fourth-order valence-electron chi connectivity index (χ4n) is 2.87. The molecule has 0 radical (unpaired) electrons. The van der Waals surface area contributed by atoms with Gasteiger partial charge in [-0.05, 0) is 18.6 Å². The van der Waals surface area contributed by atoms with Crippen molar-refractivity contribution in [2.45, 2.75) is 18.9 Å². The third kappa shape index (κ3) is 2.65. The van der Waals surface area contributed by atoms with E-state index in [2.05, 4.69) is 4.99 Å². The van der Waals surface area contributed by atoms with Gasteiger partial charge in [-0.1, -0.05) is 11.6 Å². The molecular weight excluding hydrogens is 298 g/mol. The molecule has 1 saturated heterocycles. The molecule has 23 heavy (non-hydrogen) atoms. The fraction of sp³-hybridized carbons (Fsp3) is 0.312. The Morgan fingerprint density at radius 2 is 2.35 bits per heavy atom. The van der Waals surface area contributed by atoms with Crippen LogP contribution in [0.5, 0.6) is 11.5 Å². The van der Waals surface area contributed by atoms with E-state index in [0.29, 0.717) is 18.5 Å². The number of phenols is 1. The Balaban J connectivity index is 1.94. The smallest absolute Gasteiger partial charge is 0.257 e. The quantitative estimate of drug-likeness (QED) is 0.816. The average molecular weight is 315 g/mol. The second-order valence-electron chi connectivity index (χ2n) is 5.53. The lowest BCUT2D eigenvalue weighted by atomic mass is 10.1. The zero-order valence-corrected chi connectivity index (χ0v) is 12.7. The van der Waals surface area contributed by atoms with Crippen LogP contribution in [0, 0.1) is 0 Å². The van der Waals surface area contributed by atoms with Crippen LogP contribution in [-0.2, 0) is 4.79 Å². The summed E-state index contributed by atoms with van der Waals surface area (Å²) in [7, 11) is 1.44. The molecule has 0 bridgehead atoms. The lowest BCUT2D eigenvalue weighted by molar-refractivity contribution is -0.117. The fourth-order valence-corrected chi connectivity index (χ4v) is 2.87. The Hall–Kier alpha value is -2.83. The number of primary amides is 1. The summed E-state index contributed by atoms with van der Waals surface area (Å²) in [6, 6.07) is 2.95. The van der Waals surface area contributed by atoms with Gasteiger partial charge in [-0.25, -0.2) is 0 Å². The van der Waals surface area contributed by atoms with Crippen LogP contribution in [0.2, 0.25) is 0 Å². The predicted octanol–water partition coefficient (Wildman–Crippen LogP) is 1.13. The number of rotatable bonds is 3. The first-order chi connectivity index (χ1) is 11.0. The van der Waals surface area contributed by atoms with Gasteiger partial charge in [0, 0.05) is 19.2 Å². The van der Waals surface area contributed by atoms with Crippen LogP contribution in [0.1, 0.15) is 23.2 Å². The third-order valence-corrected chi connectivity index (χ3v) is 4.04. The van der Waals surface area contributed by atoms with Gasteiger partial charge in [0.25, 0.3) is 5.91 Å². The molecule has 7 heteroatoms. The van der Waals surface area contributed by atoms with E-state index in [1.165, 1.54) is 7.11 Å². The van der Waals surface area contributed by atoms with Crippen LogP contribution in [0.15, 0.2) is 28.8 Å². The molecule has 7 nitrogen and oxygen atoms in total. The highest BCUT2D eigenvalue weighted by molar-refractivity contribution is 6.04. The van der Waals surface area contributed by atoms with E-state index in [4.69, 9.17) is 10.5 Å². The Morgan fingerprint density at radius 3 is 3.04 bits per heavy atom. The molecule has 2 heterocycles. The zero-order chi connectivity index (χ0) is 16.6. The van der Waals surface area contributed by atoms with Gasteiger partial charge in [-0.15, -0.1) is 0 Å². The summed E-state index contributed by atoms with van der Waals surface area (Å²) in [5.74, 6) is -0.469. The highest BCUT2D eigenvalue weighted by atomic mass is 16.5. The first-order valence-corrected chi connectivity index (χ1v) is 7.22. The molecule has 1 aromatic carbocycles. The second-order valence-corrected chi connectivity index (χ2v) is 5.53. The van der Waals surface area contributed by atoms with Crippen molar-refractivity contribution in [2.24, 2.45) is 10.7 Å². The SMILES string of the molecule is COc1ccc2c(c1O)N=C[C@@H]1C/C(=C\CC(N)=O)CN1C2=O. The van der Waals surface area contributed by atoms with Gasteiger partial charge in [0.2, 0.25) is 5.91 Å². The molecule has 1 fully saturated rings. The minimum Gasteiger partial charge on any atom is -0.503 e. The summed E-state index contributed by atoms with van der Waals surface area (Å²) in [6.07, 6.45) is 4.18. The average Bonchev–Trinajstić information content (AvgIpc) is 2.88. The van der Waals surface area contributed by atoms with Crippen LogP contribution in [0.25, 0.3) is 0 Å². The molecule has 2 aliphatic rings. The van der Waals surface area contributed by atoms with E-state index in [0.717, 1.165) is 5.57 Å². The maximum Gasteiger partial charge on any atom is 0.257 e. The predicted molar refractivity (Wildman–Crippen MR) is 84.1 cm³/mol. The molecule has 2 aliphatic heterocycles. The molecule has 0 unspecified atom stereocenters.